The molecular weight excluding hydrogens is 308 g/mol. The number of nitrogens with one attached hydrogen (secondary N) is 1. The molecule has 2 heterocycles. The first-order valence-electron chi connectivity index (χ1n) is 8.42. The number of hydrogen-bond acceptors (Lipinski definition) is 5. The monoisotopic (exact) mass is 334 g/mol. The number of rotatable bonds is 5. The maximum Gasteiger partial charge on any atom is 0.264 e. The van der Waals surface area contributed by atoms with E-state index in [2.05, 4.69) is 16.3 Å². The van der Waals surface area contributed by atoms with Gasteiger partial charge >= 0.3 is 0 Å². The molecule has 0 radical (unpaired) electrons. The van der Waals surface area contributed by atoms with E-state index in [1.807, 2.05) is 13.8 Å². The number of nitrogens with zero attached hydrogens (tertiary/aromatic N) is 3. The first-order chi connectivity index (χ1) is 11.5. The minimum atomic E-state index is -0.388. The van der Waals surface area contributed by atoms with Crippen LogP contribution in [0, 0.1) is 11.3 Å². The van der Waals surface area contributed by atoms with Crippen molar-refractivity contribution < 1.29 is 14.3 Å². The van der Waals surface area contributed by atoms with Gasteiger partial charge < -0.3 is 15.0 Å². The molecule has 1 N–H and O–H groups in total. The van der Waals surface area contributed by atoms with Crippen LogP contribution in [0.2, 0.25) is 0 Å². The van der Waals surface area contributed by atoms with E-state index in [1.54, 1.807) is 11.0 Å². The maximum absolute atomic E-state index is 12.7. The Bertz CT molecular complexity index is 532. The fourth-order valence-corrected chi connectivity index (χ4v) is 3.29. The number of hydrogen-bond donors (Lipinski definition) is 1. The van der Waals surface area contributed by atoms with Crippen molar-refractivity contribution in [1.82, 2.24) is 15.1 Å². The average molecular weight is 334 g/mol. The second-order valence-electron chi connectivity index (χ2n) is 6.80. The lowest BCUT2D eigenvalue weighted by molar-refractivity contribution is -0.128. The van der Waals surface area contributed by atoms with Crippen molar-refractivity contribution in [3.05, 3.63) is 11.6 Å². The van der Waals surface area contributed by atoms with Crippen LogP contribution in [0.4, 0.5) is 0 Å². The molecule has 1 atom stereocenters. The predicted molar refractivity (Wildman–Crippen MR) is 89.0 cm³/mol. The van der Waals surface area contributed by atoms with Gasteiger partial charge in [0.15, 0.2) is 0 Å². The summed E-state index contributed by atoms with van der Waals surface area (Å²) >= 11 is 0. The van der Waals surface area contributed by atoms with Crippen molar-refractivity contribution in [3.8, 4) is 6.07 Å². The molecule has 24 heavy (non-hydrogen) atoms. The molecule has 0 spiro atoms. The number of ether oxygens (including phenoxy) is 1. The van der Waals surface area contributed by atoms with Gasteiger partial charge in [-0.1, -0.05) is 0 Å². The number of likely N-dealkylation sites (tertiary alicyclic amines) is 1. The molecule has 7 heteroatoms. The molecule has 2 aliphatic heterocycles. The van der Waals surface area contributed by atoms with E-state index >= 15 is 0 Å². The normalized spacial score (nSPS) is 23.5. The van der Waals surface area contributed by atoms with Crippen LogP contribution in [0.15, 0.2) is 11.6 Å². The van der Waals surface area contributed by atoms with Gasteiger partial charge in [-0.25, -0.2) is 0 Å². The van der Waals surface area contributed by atoms with Gasteiger partial charge in [0.1, 0.15) is 11.6 Å². The third-order valence-corrected chi connectivity index (χ3v) is 4.69. The molecule has 132 valence electrons. The quantitative estimate of drug-likeness (QED) is 0.443. The van der Waals surface area contributed by atoms with Crippen LogP contribution in [0.5, 0.6) is 0 Å². The second-order valence-corrected chi connectivity index (χ2v) is 6.80. The van der Waals surface area contributed by atoms with Crippen LogP contribution in [0.25, 0.3) is 0 Å². The minimum absolute atomic E-state index is 0.0348. The van der Waals surface area contributed by atoms with Crippen molar-refractivity contribution in [2.24, 2.45) is 0 Å². The fraction of sp³-hybridized carbons (Fsp3) is 0.706. The van der Waals surface area contributed by atoms with Gasteiger partial charge in [-0.3, -0.25) is 14.5 Å². The van der Waals surface area contributed by atoms with Crippen LogP contribution >= 0.6 is 0 Å². The highest BCUT2D eigenvalue weighted by atomic mass is 16.5. The Morgan fingerprint density at radius 1 is 1.33 bits per heavy atom. The number of morpholine rings is 1. The molecule has 7 nitrogen and oxygen atoms in total. The first kappa shape index (κ1) is 18.4. The summed E-state index contributed by atoms with van der Waals surface area (Å²) in [6.45, 7) is 7.99. The molecular formula is C17H26N4O3. The van der Waals surface area contributed by atoms with Crippen LogP contribution in [-0.2, 0) is 14.3 Å². The highest BCUT2D eigenvalue weighted by molar-refractivity contribution is 5.97. The topological polar surface area (TPSA) is 85.7 Å². The summed E-state index contributed by atoms with van der Waals surface area (Å²) in [7, 11) is 0. The van der Waals surface area contributed by atoms with E-state index in [-0.39, 0.29) is 23.1 Å². The molecule has 2 fully saturated rings. The molecule has 2 saturated heterocycles. The van der Waals surface area contributed by atoms with Gasteiger partial charge in [-0.05, 0) is 32.8 Å². The first-order valence-corrected chi connectivity index (χ1v) is 8.42. The predicted octanol–water partition coefficient (Wildman–Crippen LogP) is 0.284. The average Bonchev–Trinajstić information content (AvgIpc) is 2.60. The summed E-state index contributed by atoms with van der Waals surface area (Å²) in [5.74, 6) is -0.253. The van der Waals surface area contributed by atoms with Crippen molar-refractivity contribution in [1.29, 1.82) is 5.26 Å². The molecule has 0 bridgehead atoms. The van der Waals surface area contributed by atoms with Crippen LogP contribution in [0.3, 0.4) is 0 Å². The van der Waals surface area contributed by atoms with E-state index in [0.29, 0.717) is 32.7 Å². The highest BCUT2D eigenvalue weighted by Crippen LogP contribution is 2.21. The van der Waals surface area contributed by atoms with E-state index < -0.39 is 0 Å². The van der Waals surface area contributed by atoms with E-state index in [4.69, 9.17) is 4.74 Å². The molecule has 2 amide bonds. The van der Waals surface area contributed by atoms with Gasteiger partial charge in [0.25, 0.3) is 5.91 Å². The van der Waals surface area contributed by atoms with Crippen LogP contribution < -0.4 is 5.32 Å². The summed E-state index contributed by atoms with van der Waals surface area (Å²) in [5, 5.41) is 12.2. The van der Waals surface area contributed by atoms with Crippen molar-refractivity contribution in [2.45, 2.75) is 38.3 Å². The molecule has 0 aliphatic carbocycles. The minimum Gasteiger partial charge on any atom is -0.379 e. The Hall–Kier alpha value is -1.91. The Morgan fingerprint density at radius 3 is 2.67 bits per heavy atom. The zero-order chi connectivity index (χ0) is 17.6. The summed E-state index contributed by atoms with van der Waals surface area (Å²) in [5.41, 5.74) is -0.223. The molecule has 0 aromatic heterocycles. The summed E-state index contributed by atoms with van der Waals surface area (Å²) in [4.78, 5) is 27.2. The fourth-order valence-electron chi connectivity index (χ4n) is 3.29. The van der Waals surface area contributed by atoms with Gasteiger partial charge in [0.05, 0.1) is 13.2 Å². The van der Waals surface area contributed by atoms with Crippen LogP contribution in [0.1, 0.15) is 26.7 Å². The maximum atomic E-state index is 12.7. The summed E-state index contributed by atoms with van der Waals surface area (Å²) < 4.78 is 5.37. The molecule has 0 aromatic rings. The second kappa shape index (κ2) is 8.27. The van der Waals surface area contributed by atoms with Gasteiger partial charge in [0, 0.05) is 37.8 Å². The smallest absolute Gasteiger partial charge is 0.264 e. The van der Waals surface area contributed by atoms with Gasteiger partial charge in [-0.15, -0.1) is 0 Å². The van der Waals surface area contributed by atoms with E-state index in [0.717, 1.165) is 25.9 Å². The SMILES string of the molecule is CC(C)(/C=C(\C#N)C(=O)N1CCC[C@@H](NC=O)C1)N1CCOCC1. The Kier molecular flexibility index (Phi) is 6.35. The zero-order valence-corrected chi connectivity index (χ0v) is 14.5. The highest BCUT2D eigenvalue weighted by Gasteiger charge is 2.30. The molecule has 0 saturated carbocycles. The number of amides is 2. The lowest BCUT2D eigenvalue weighted by atomic mass is 9.97. The third-order valence-electron chi connectivity index (χ3n) is 4.69. The third kappa shape index (κ3) is 4.56. The molecule has 2 rings (SSSR count). The number of carbonyl (C=O) groups excluding carboxylic acids is 2. The number of piperidine rings is 1. The molecule has 2 aliphatic rings. The largest absolute Gasteiger partial charge is 0.379 e. The van der Waals surface area contributed by atoms with Gasteiger partial charge in [0.2, 0.25) is 6.41 Å². The van der Waals surface area contributed by atoms with Crippen molar-refractivity contribution in [2.75, 3.05) is 39.4 Å². The van der Waals surface area contributed by atoms with Crippen LogP contribution in [-0.4, -0.2) is 73.1 Å². The van der Waals surface area contributed by atoms with E-state index in [9.17, 15) is 14.9 Å². The summed E-state index contributed by atoms with van der Waals surface area (Å²) in [6.07, 6.45) is 4.11. The van der Waals surface area contributed by atoms with Crippen molar-refractivity contribution >= 4 is 12.3 Å². The number of nitriles is 1. The lowest BCUT2D eigenvalue weighted by Crippen LogP contribution is -2.50. The Morgan fingerprint density at radius 2 is 2.04 bits per heavy atom. The summed E-state index contributed by atoms with van der Waals surface area (Å²) in [6, 6.07) is 2.03. The standard InChI is InChI=1S/C17H26N4O3/c1-17(2,21-6-8-24-9-7-21)10-14(11-18)16(23)20-5-3-4-15(12-20)19-13-22/h10,13,15H,3-9,12H2,1-2H3,(H,19,22)/b14-10+/t15-/m1/s1. The number of carbonyl (C=O) groups is 2. The molecule has 0 aromatic carbocycles. The lowest BCUT2D eigenvalue weighted by Gasteiger charge is -2.39. The zero-order valence-electron chi connectivity index (χ0n) is 14.5. The molecule has 0 unspecified atom stereocenters. The Labute approximate surface area is 143 Å². The van der Waals surface area contributed by atoms with Crippen molar-refractivity contribution in [3.63, 3.8) is 0 Å². The Balaban J connectivity index is 2.09. The van der Waals surface area contributed by atoms with E-state index in [1.165, 1.54) is 0 Å². The van der Waals surface area contributed by atoms with Gasteiger partial charge in [-0.2, -0.15) is 5.26 Å².